The molecule has 2 bridgehead atoms. The van der Waals surface area contributed by atoms with E-state index in [1.807, 2.05) is 6.07 Å². The molecule has 3 aliphatic heterocycles. The molecule has 0 saturated carbocycles. The molecule has 21 heavy (non-hydrogen) atoms. The topological polar surface area (TPSA) is 32.3 Å². The highest BCUT2D eigenvalue weighted by molar-refractivity contribution is 7.20. The van der Waals surface area contributed by atoms with Crippen molar-refractivity contribution in [3.8, 4) is 0 Å². The Bertz CT molecular complexity index is 685. The monoisotopic (exact) mass is 300 g/mol. The molecule has 2 aromatic rings. The maximum Gasteiger partial charge on any atom is 0.261 e. The first-order valence-electron chi connectivity index (χ1n) is 7.72. The Morgan fingerprint density at radius 3 is 2.81 bits per heavy atom. The maximum atomic E-state index is 12.5. The van der Waals surface area contributed by atoms with Crippen molar-refractivity contribution in [2.45, 2.75) is 25.8 Å². The van der Waals surface area contributed by atoms with Gasteiger partial charge in [0.25, 0.3) is 5.91 Å². The summed E-state index contributed by atoms with van der Waals surface area (Å²) in [6.45, 7) is 5.53. The van der Waals surface area contributed by atoms with Crippen LogP contribution in [0.5, 0.6) is 0 Å². The van der Waals surface area contributed by atoms with Crippen LogP contribution in [0.2, 0.25) is 0 Å². The van der Waals surface area contributed by atoms with Gasteiger partial charge < -0.3 is 10.2 Å². The van der Waals surface area contributed by atoms with E-state index in [4.69, 9.17) is 0 Å². The van der Waals surface area contributed by atoms with Gasteiger partial charge in [0.1, 0.15) is 0 Å². The van der Waals surface area contributed by atoms with Crippen LogP contribution >= 0.6 is 11.3 Å². The summed E-state index contributed by atoms with van der Waals surface area (Å²) in [4.78, 5) is 15.8. The second-order valence-electron chi connectivity index (χ2n) is 6.37. The Morgan fingerprint density at radius 2 is 2.10 bits per heavy atom. The van der Waals surface area contributed by atoms with E-state index in [0.29, 0.717) is 12.0 Å². The van der Waals surface area contributed by atoms with Crippen molar-refractivity contribution < 1.29 is 4.79 Å². The molecule has 3 nitrogen and oxygen atoms in total. The molecule has 110 valence electrons. The van der Waals surface area contributed by atoms with E-state index >= 15 is 0 Å². The van der Waals surface area contributed by atoms with Crippen LogP contribution in [0.1, 0.15) is 28.1 Å². The first kappa shape index (κ1) is 13.3. The number of hydrogen-bond donors (Lipinski definition) is 1. The molecule has 0 unspecified atom stereocenters. The molecule has 3 saturated heterocycles. The highest BCUT2D eigenvalue weighted by atomic mass is 32.1. The molecule has 1 N–H and O–H groups in total. The molecule has 1 atom stereocenters. The molecular weight excluding hydrogens is 280 g/mol. The van der Waals surface area contributed by atoms with Gasteiger partial charge in [-0.3, -0.25) is 4.79 Å². The Labute approximate surface area is 128 Å². The van der Waals surface area contributed by atoms with E-state index in [1.165, 1.54) is 41.6 Å². The number of nitrogens with one attached hydrogen (secondary N) is 1. The number of carbonyl (C=O) groups is 1. The van der Waals surface area contributed by atoms with Crippen molar-refractivity contribution >= 4 is 27.3 Å². The zero-order chi connectivity index (χ0) is 14.4. The summed E-state index contributed by atoms with van der Waals surface area (Å²) in [5.74, 6) is 0.781. The number of thiophene rings is 1. The second-order valence-corrected chi connectivity index (χ2v) is 7.45. The molecule has 4 heterocycles. The van der Waals surface area contributed by atoms with Crippen LogP contribution in [0.3, 0.4) is 0 Å². The van der Waals surface area contributed by atoms with E-state index < -0.39 is 0 Å². The van der Waals surface area contributed by atoms with Gasteiger partial charge in [-0.1, -0.05) is 17.7 Å². The summed E-state index contributed by atoms with van der Waals surface area (Å²) in [6.07, 6.45) is 2.47. The van der Waals surface area contributed by atoms with Gasteiger partial charge in [-0.05, 0) is 56.3 Å². The number of benzene rings is 1. The number of nitrogens with zero attached hydrogens (tertiary/aromatic N) is 1. The first-order chi connectivity index (χ1) is 10.2. The summed E-state index contributed by atoms with van der Waals surface area (Å²) in [5, 5.41) is 4.45. The lowest BCUT2D eigenvalue weighted by molar-refractivity contribution is 0.0622. The minimum absolute atomic E-state index is 0.104. The van der Waals surface area contributed by atoms with Gasteiger partial charge in [0.2, 0.25) is 0 Å². The third kappa shape index (κ3) is 2.47. The Morgan fingerprint density at radius 1 is 1.29 bits per heavy atom. The molecule has 0 spiro atoms. The van der Waals surface area contributed by atoms with Gasteiger partial charge in [0, 0.05) is 17.3 Å². The predicted octanol–water partition coefficient (Wildman–Crippen LogP) is 3.03. The molecule has 3 aliphatic rings. The van der Waals surface area contributed by atoms with Gasteiger partial charge in [-0.15, -0.1) is 11.3 Å². The van der Waals surface area contributed by atoms with Crippen molar-refractivity contribution in [3.63, 3.8) is 0 Å². The number of hydrogen-bond acceptors (Lipinski definition) is 3. The number of fused-ring (bicyclic) bond motifs is 4. The molecule has 1 amide bonds. The number of rotatable bonds is 2. The van der Waals surface area contributed by atoms with Gasteiger partial charge in [0.05, 0.1) is 4.88 Å². The zero-order valence-electron chi connectivity index (χ0n) is 12.3. The molecule has 3 fully saturated rings. The molecular formula is C17H20N2OS. The predicted molar refractivity (Wildman–Crippen MR) is 87.0 cm³/mol. The summed E-state index contributed by atoms with van der Waals surface area (Å²) in [7, 11) is 0. The van der Waals surface area contributed by atoms with Crippen LogP contribution in [0, 0.1) is 12.8 Å². The van der Waals surface area contributed by atoms with Crippen LogP contribution in [-0.4, -0.2) is 36.5 Å². The van der Waals surface area contributed by atoms with Crippen molar-refractivity contribution in [2.75, 3.05) is 19.6 Å². The quantitative estimate of drug-likeness (QED) is 0.924. The molecule has 0 radical (unpaired) electrons. The molecule has 1 aromatic heterocycles. The maximum absolute atomic E-state index is 12.5. The summed E-state index contributed by atoms with van der Waals surface area (Å²) in [5.41, 5.74) is 1.24. The fourth-order valence-electron chi connectivity index (χ4n) is 3.64. The lowest BCUT2D eigenvalue weighted by Gasteiger charge is -2.44. The Hall–Kier alpha value is -1.39. The zero-order valence-corrected chi connectivity index (χ0v) is 13.1. The van der Waals surface area contributed by atoms with E-state index in [-0.39, 0.29) is 5.91 Å². The van der Waals surface area contributed by atoms with Crippen LogP contribution in [0.25, 0.3) is 10.1 Å². The molecule has 0 aliphatic carbocycles. The fraction of sp³-hybridized carbons (Fsp3) is 0.471. The first-order valence-corrected chi connectivity index (χ1v) is 8.54. The smallest absolute Gasteiger partial charge is 0.261 e. The second kappa shape index (κ2) is 5.11. The standard InChI is InChI=1S/C17H20N2OS/c1-11-2-3-15-13(8-11)9-16(21-15)17(20)18-14-10-19-6-4-12(14)5-7-19/h2-3,8-9,12,14H,4-7,10H2,1H3,(H,18,20)/t14-/m0/s1. The van der Waals surface area contributed by atoms with Gasteiger partial charge in [-0.2, -0.15) is 0 Å². The van der Waals surface area contributed by atoms with E-state index in [1.54, 1.807) is 11.3 Å². The third-order valence-electron chi connectivity index (χ3n) is 4.87. The molecule has 5 rings (SSSR count). The van der Waals surface area contributed by atoms with E-state index in [0.717, 1.165) is 11.4 Å². The number of aryl methyl sites for hydroxylation is 1. The van der Waals surface area contributed by atoms with Gasteiger partial charge in [-0.25, -0.2) is 0 Å². The van der Waals surface area contributed by atoms with Crippen LogP contribution < -0.4 is 5.32 Å². The molecule has 1 aromatic carbocycles. The fourth-order valence-corrected chi connectivity index (χ4v) is 4.59. The van der Waals surface area contributed by atoms with Crippen molar-refractivity contribution in [2.24, 2.45) is 5.92 Å². The molecule has 4 heteroatoms. The average Bonchev–Trinajstić information content (AvgIpc) is 2.91. The highest BCUT2D eigenvalue weighted by Crippen LogP contribution is 2.29. The minimum atomic E-state index is 0.104. The summed E-state index contributed by atoms with van der Waals surface area (Å²) < 4.78 is 1.19. The van der Waals surface area contributed by atoms with Crippen LogP contribution in [0.15, 0.2) is 24.3 Å². The van der Waals surface area contributed by atoms with Crippen LogP contribution in [-0.2, 0) is 0 Å². The Kier molecular flexibility index (Phi) is 3.23. The Balaban J connectivity index is 1.53. The average molecular weight is 300 g/mol. The number of carbonyl (C=O) groups excluding carboxylic acids is 1. The number of piperidine rings is 3. The highest BCUT2D eigenvalue weighted by Gasteiger charge is 2.35. The van der Waals surface area contributed by atoms with Crippen LogP contribution in [0.4, 0.5) is 0 Å². The van der Waals surface area contributed by atoms with Crippen molar-refractivity contribution in [1.82, 2.24) is 10.2 Å². The SMILES string of the molecule is Cc1ccc2sc(C(=O)N[C@H]3CN4CCC3CC4)cc2c1. The lowest BCUT2D eigenvalue weighted by atomic mass is 9.84. The third-order valence-corrected chi connectivity index (χ3v) is 5.98. The van der Waals surface area contributed by atoms with Crippen molar-refractivity contribution in [1.29, 1.82) is 0 Å². The van der Waals surface area contributed by atoms with E-state index in [2.05, 4.69) is 35.3 Å². The van der Waals surface area contributed by atoms with Gasteiger partial charge in [0.15, 0.2) is 0 Å². The lowest BCUT2D eigenvalue weighted by Crippen LogP contribution is -2.57. The minimum Gasteiger partial charge on any atom is -0.347 e. The largest absolute Gasteiger partial charge is 0.347 e. The van der Waals surface area contributed by atoms with Gasteiger partial charge >= 0.3 is 0 Å². The summed E-state index contributed by atoms with van der Waals surface area (Å²) in [6, 6.07) is 8.74. The normalized spacial score (nSPS) is 28.0. The number of amides is 1. The van der Waals surface area contributed by atoms with E-state index in [9.17, 15) is 4.79 Å². The summed E-state index contributed by atoms with van der Waals surface area (Å²) >= 11 is 1.60. The van der Waals surface area contributed by atoms with Crippen molar-refractivity contribution in [3.05, 3.63) is 34.7 Å².